The van der Waals surface area contributed by atoms with Crippen molar-refractivity contribution in [3.05, 3.63) is 47.6 Å². The summed E-state index contributed by atoms with van der Waals surface area (Å²) in [6.07, 6.45) is 8.42. The SMILES string of the molecule is O=C(O)CCCCCC1CCCC(c2nc(C(=O)NCc3ccccc3)no2)C1. The fourth-order valence-electron chi connectivity index (χ4n) is 4.01. The summed E-state index contributed by atoms with van der Waals surface area (Å²) in [6.45, 7) is 0.428. The van der Waals surface area contributed by atoms with E-state index in [1.54, 1.807) is 0 Å². The lowest BCUT2D eigenvalue weighted by atomic mass is 9.79. The van der Waals surface area contributed by atoms with Gasteiger partial charge in [-0.3, -0.25) is 9.59 Å². The molecule has 1 aromatic carbocycles. The van der Waals surface area contributed by atoms with Crippen molar-refractivity contribution in [1.29, 1.82) is 0 Å². The maximum absolute atomic E-state index is 12.3. The Morgan fingerprint density at radius 3 is 2.76 bits per heavy atom. The van der Waals surface area contributed by atoms with Crippen LogP contribution in [-0.2, 0) is 11.3 Å². The molecule has 2 atom stereocenters. The zero-order chi connectivity index (χ0) is 20.5. The van der Waals surface area contributed by atoms with Crippen LogP contribution in [0.4, 0.5) is 0 Å². The lowest BCUT2D eigenvalue weighted by Crippen LogP contribution is -2.24. The standard InChI is InChI=1S/C22H29N3O4/c26-19(27)13-6-2-3-8-16-11-7-12-18(14-16)22-24-20(25-29-22)21(28)23-15-17-9-4-1-5-10-17/h1,4-5,9-10,16,18H,2-3,6-8,11-15H2,(H,23,28)(H,26,27). The largest absolute Gasteiger partial charge is 0.481 e. The van der Waals surface area contributed by atoms with Crippen LogP contribution in [0.15, 0.2) is 34.9 Å². The van der Waals surface area contributed by atoms with Crippen molar-refractivity contribution >= 4 is 11.9 Å². The number of amides is 1. The Morgan fingerprint density at radius 1 is 1.14 bits per heavy atom. The Morgan fingerprint density at radius 2 is 1.97 bits per heavy atom. The zero-order valence-electron chi connectivity index (χ0n) is 16.7. The average Bonchev–Trinajstić information content (AvgIpc) is 3.23. The van der Waals surface area contributed by atoms with E-state index in [1.807, 2.05) is 30.3 Å². The van der Waals surface area contributed by atoms with Crippen molar-refractivity contribution in [3.8, 4) is 0 Å². The molecule has 0 bridgehead atoms. The van der Waals surface area contributed by atoms with Crippen LogP contribution in [0.5, 0.6) is 0 Å². The third-order valence-corrected chi connectivity index (χ3v) is 5.58. The molecule has 0 radical (unpaired) electrons. The third-order valence-electron chi connectivity index (χ3n) is 5.58. The van der Waals surface area contributed by atoms with E-state index in [0.717, 1.165) is 50.5 Å². The molecular formula is C22H29N3O4. The van der Waals surface area contributed by atoms with Crippen LogP contribution >= 0.6 is 0 Å². The summed E-state index contributed by atoms with van der Waals surface area (Å²) in [5.74, 6) is 0.409. The fourth-order valence-corrected chi connectivity index (χ4v) is 4.01. The number of nitrogens with zero attached hydrogens (tertiary/aromatic N) is 2. The Kier molecular flexibility index (Phi) is 7.78. The molecule has 7 nitrogen and oxygen atoms in total. The van der Waals surface area contributed by atoms with Crippen molar-refractivity contribution in [2.45, 2.75) is 70.3 Å². The first-order valence-electron chi connectivity index (χ1n) is 10.5. The molecule has 2 N–H and O–H groups in total. The van der Waals surface area contributed by atoms with Crippen molar-refractivity contribution in [1.82, 2.24) is 15.5 Å². The van der Waals surface area contributed by atoms with Gasteiger partial charge in [0.05, 0.1) is 0 Å². The summed E-state index contributed by atoms with van der Waals surface area (Å²) < 4.78 is 5.41. The quantitative estimate of drug-likeness (QED) is 0.577. The molecular weight excluding hydrogens is 370 g/mol. The van der Waals surface area contributed by atoms with Gasteiger partial charge in [-0.15, -0.1) is 0 Å². The number of hydrogen-bond acceptors (Lipinski definition) is 5. The van der Waals surface area contributed by atoms with Gasteiger partial charge in [0.1, 0.15) is 0 Å². The van der Waals surface area contributed by atoms with Gasteiger partial charge in [-0.2, -0.15) is 4.98 Å². The second kappa shape index (κ2) is 10.7. The summed E-state index contributed by atoms with van der Waals surface area (Å²) in [4.78, 5) is 27.2. The van der Waals surface area contributed by atoms with E-state index in [0.29, 0.717) is 18.4 Å². The number of carbonyl (C=O) groups excluding carboxylic acids is 1. The van der Waals surface area contributed by atoms with Gasteiger partial charge in [0.15, 0.2) is 0 Å². The molecule has 1 aromatic heterocycles. The molecule has 156 valence electrons. The topological polar surface area (TPSA) is 105 Å². The lowest BCUT2D eigenvalue weighted by Gasteiger charge is -2.26. The number of aromatic nitrogens is 2. The normalized spacial score (nSPS) is 19.0. The van der Waals surface area contributed by atoms with E-state index in [2.05, 4.69) is 15.5 Å². The Balaban J connectivity index is 1.45. The zero-order valence-corrected chi connectivity index (χ0v) is 16.7. The van der Waals surface area contributed by atoms with E-state index in [4.69, 9.17) is 9.63 Å². The number of benzene rings is 1. The first-order chi connectivity index (χ1) is 14.1. The van der Waals surface area contributed by atoms with Crippen molar-refractivity contribution in [3.63, 3.8) is 0 Å². The first-order valence-corrected chi connectivity index (χ1v) is 10.5. The molecule has 0 saturated heterocycles. The van der Waals surface area contributed by atoms with Crippen LogP contribution in [0.1, 0.15) is 85.8 Å². The summed E-state index contributed by atoms with van der Waals surface area (Å²) in [7, 11) is 0. The number of rotatable bonds is 10. The molecule has 1 aliphatic rings. The van der Waals surface area contributed by atoms with Gasteiger partial charge in [-0.05, 0) is 30.7 Å². The summed E-state index contributed by atoms with van der Waals surface area (Å²) in [5.41, 5.74) is 1.02. The molecule has 29 heavy (non-hydrogen) atoms. The third kappa shape index (κ3) is 6.69. The maximum Gasteiger partial charge on any atom is 0.303 e. The highest BCUT2D eigenvalue weighted by atomic mass is 16.5. The predicted molar refractivity (Wildman–Crippen MR) is 107 cm³/mol. The van der Waals surface area contributed by atoms with Gasteiger partial charge >= 0.3 is 5.97 Å². The minimum absolute atomic E-state index is 0.0896. The lowest BCUT2D eigenvalue weighted by molar-refractivity contribution is -0.137. The van der Waals surface area contributed by atoms with E-state index < -0.39 is 5.97 Å². The maximum atomic E-state index is 12.3. The molecule has 7 heteroatoms. The number of aliphatic carboxylic acids is 1. The molecule has 1 amide bonds. The summed E-state index contributed by atoms with van der Waals surface area (Å²) in [5, 5.41) is 15.4. The predicted octanol–water partition coefficient (Wildman–Crippen LogP) is 4.31. The highest BCUT2D eigenvalue weighted by molar-refractivity contribution is 5.90. The molecule has 1 fully saturated rings. The molecule has 0 aliphatic heterocycles. The van der Waals surface area contributed by atoms with Gasteiger partial charge in [-0.25, -0.2) is 0 Å². The van der Waals surface area contributed by atoms with Gasteiger partial charge in [0.2, 0.25) is 5.89 Å². The van der Waals surface area contributed by atoms with Crippen LogP contribution in [0.25, 0.3) is 0 Å². The Bertz CT molecular complexity index is 790. The van der Waals surface area contributed by atoms with Crippen molar-refractivity contribution in [2.24, 2.45) is 5.92 Å². The minimum Gasteiger partial charge on any atom is -0.481 e. The highest BCUT2D eigenvalue weighted by Crippen LogP contribution is 2.37. The molecule has 0 spiro atoms. The summed E-state index contributed by atoms with van der Waals surface area (Å²) in [6, 6.07) is 9.70. The molecule has 1 heterocycles. The van der Waals surface area contributed by atoms with Crippen LogP contribution in [0.2, 0.25) is 0 Å². The van der Waals surface area contributed by atoms with Gasteiger partial charge in [-0.1, -0.05) is 67.6 Å². The molecule has 3 rings (SSSR count). The minimum atomic E-state index is -0.720. The van der Waals surface area contributed by atoms with Crippen molar-refractivity contribution < 1.29 is 19.2 Å². The number of carboxylic acids is 1. The summed E-state index contributed by atoms with van der Waals surface area (Å²) >= 11 is 0. The number of unbranched alkanes of at least 4 members (excludes halogenated alkanes) is 2. The van der Waals surface area contributed by atoms with E-state index in [1.165, 1.54) is 6.42 Å². The van der Waals surface area contributed by atoms with Crippen LogP contribution in [0, 0.1) is 5.92 Å². The fraction of sp³-hybridized carbons (Fsp3) is 0.545. The van der Waals surface area contributed by atoms with Crippen LogP contribution in [0.3, 0.4) is 0 Å². The molecule has 1 saturated carbocycles. The number of carboxylic acid groups (broad SMARTS) is 1. The second-order valence-electron chi connectivity index (χ2n) is 7.85. The highest BCUT2D eigenvalue weighted by Gasteiger charge is 2.28. The van der Waals surface area contributed by atoms with Gasteiger partial charge in [0, 0.05) is 18.9 Å². The average molecular weight is 399 g/mol. The molecule has 2 unspecified atom stereocenters. The Hall–Kier alpha value is -2.70. The smallest absolute Gasteiger partial charge is 0.303 e. The Labute approximate surface area is 170 Å². The number of carbonyl (C=O) groups is 2. The number of nitrogens with one attached hydrogen (secondary N) is 1. The van der Waals surface area contributed by atoms with E-state index in [-0.39, 0.29) is 24.1 Å². The second-order valence-corrected chi connectivity index (χ2v) is 7.85. The van der Waals surface area contributed by atoms with Crippen LogP contribution in [-0.4, -0.2) is 27.1 Å². The van der Waals surface area contributed by atoms with Gasteiger partial charge < -0.3 is 14.9 Å². The molecule has 2 aromatic rings. The first kappa shape index (κ1) is 21.0. The number of hydrogen-bond donors (Lipinski definition) is 2. The van der Waals surface area contributed by atoms with Gasteiger partial charge in [0.25, 0.3) is 11.7 Å². The monoisotopic (exact) mass is 399 g/mol. The van der Waals surface area contributed by atoms with Crippen LogP contribution < -0.4 is 5.32 Å². The van der Waals surface area contributed by atoms with E-state index >= 15 is 0 Å². The molecule has 1 aliphatic carbocycles. The van der Waals surface area contributed by atoms with Crippen molar-refractivity contribution in [2.75, 3.05) is 0 Å². The van der Waals surface area contributed by atoms with E-state index in [9.17, 15) is 9.59 Å².